The second-order valence-electron chi connectivity index (χ2n) is 3.59. The minimum Gasteiger partial charge on any atom is -0.293 e. The fraction of sp³-hybridized carbons (Fsp3) is 0.333. The summed E-state index contributed by atoms with van der Waals surface area (Å²) in [4.78, 5) is 11.7. The highest BCUT2D eigenvalue weighted by molar-refractivity contribution is 5.99. The van der Waals surface area contributed by atoms with Crippen molar-refractivity contribution in [1.82, 2.24) is 0 Å². The number of nitriles is 1. The van der Waals surface area contributed by atoms with E-state index in [4.69, 9.17) is 5.26 Å². The normalized spacial score (nSPS) is 11.9. The van der Waals surface area contributed by atoms with Crippen LogP contribution in [0, 0.1) is 31.1 Å². The van der Waals surface area contributed by atoms with Gasteiger partial charge >= 0.3 is 0 Å². The number of carbonyl (C=O) groups is 1. The van der Waals surface area contributed by atoms with Crippen molar-refractivity contribution >= 4 is 5.78 Å². The standard InChI is InChI=1S/C12H13NO/c1-8-4-9(2)6-11(5-8)12(14)10(3)7-13/h4-6,10H,1-3H3. The van der Waals surface area contributed by atoms with Gasteiger partial charge in [0.25, 0.3) is 0 Å². The summed E-state index contributed by atoms with van der Waals surface area (Å²) in [5.74, 6) is -0.657. The Morgan fingerprint density at radius 3 is 2.21 bits per heavy atom. The summed E-state index contributed by atoms with van der Waals surface area (Å²) in [6, 6.07) is 7.61. The molecule has 0 aromatic heterocycles. The van der Waals surface area contributed by atoms with Crippen LogP contribution in [0.1, 0.15) is 28.4 Å². The summed E-state index contributed by atoms with van der Waals surface area (Å²) >= 11 is 0. The van der Waals surface area contributed by atoms with Crippen molar-refractivity contribution in [3.8, 4) is 6.07 Å². The highest BCUT2D eigenvalue weighted by Crippen LogP contribution is 2.13. The van der Waals surface area contributed by atoms with E-state index in [1.165, 1.54) is 0 Å². The highest BCUT2D eigenvalue weighted by atomic mass is 16.1. The lowest BCUT2D eigenvalue weighted by atomic mass is 9.97. The van der Waals surface area contributed by atoms with Crippen molar-refractivity contribution in [1.29, 1.82) is 5.26 Å². The van der Waals surface area contributed by atoms with Gasteiger partial charge in [0, 0.05) is 5.56 Å². The molecule has 1 aromatic carbocycles. The van der Waals surface area contributed by atoms with Gasteiger partial charge in [-0.3, -0.25) is 4.79 Å². The Labute approximate surface area is 84.2 Å². The maximum atomic E-state index is 11.7. The minimum absolute atomic E-state index is 0.0979. The van der Waals surface area contributed by atoms with Gasteiger partial charge in [-0.2, -0.15) is 5.26 Å². The summed E-state index contributed by atoms with van der Waals surface area (Å²) < 4.78 is 0. The molecule has 0 heterocycles. The Bertz CT molecular complexity index is 381. The predicted molar refractivity (Wildman–Crippen MR) is 55.0 cm³/mol. The second kappa shape index (κ2) is 4.06. The number of ketones is 1. The maximum absolute atomic E-state index is 11.7. The molecule has 0 fully saturated rings. The van der Waals surface area contributed by atoms with Crippen LogP contribution in [0.4, 0.5) is 0 Å². The molecule has 2 heteroatoms. The van der Waals surface area contributed by atoms with E-state index < -0.39 is 5.92 Å². The first-order valence-corrected chi connectivity index (χ1v) is 4.56. The van der Waals surface area contributed by atoms with Crippen LogP contribution in [-0.4, -0.2) is 5.78 Å². The predicted octanol–water partition coefficient (Wildman–Crippen LogP) is 2.65. The van der Waals surface area contributed by atoms with Gasteiger partial charge in [-0.05, 0) is 32.9 Å². The summed E-state index contributed by atoms with van der Waals surface area (Å²) in [5.41, 5.74) is 2.74. The quantitative estimate of drug-likeness (QED) is 0.668. The van der Waals surface area contributed by atoms with Crippen LogP contribution in [0.15, 0.2) is 18.2 Å². The molecule has 0 bridgehead atoms. The summed E-state index contributed by atoms with van der Waals surface area (Å²) in [6.45, 7) is 5.52. The lowest BCUT2D eigenvalue weighted by Crippen LogP contribution is -2.09. The van der Waals surface area contributed by atoms with Crippen molar-refractivity contribution in [3.63, 3.8) is 0 Å². The van der Waals surface area contributed by atoms with Crippen LogP contribution in [0.25, 0.3) is 0 Å². The molecule has 1 rings (SSSR count). The number of aryl methyl sites for hydroxylation is 2. The number of hydrogen-bond acceptors (Lipinski definition) is 2. The molecule has 1 aromatic rings. The van der Waals surface area contributed by atoms with Gasteiger partial charge in [-0.15, -0.1) is 0 Å². The minimum atomic E-state index is -0.559. The SMILES string of the molecule is Cc1cc(C)cc(C(=O)C(C)C#N)c1. The van der Waals surface area contributed by atoms with E-state index >= 15 is 0 Å². The van der Waals surface area contributed by atoms with Crippen LogP contribution in [0.5, 0.6) is 0 Å². The molecule has 14 heavy (non-hydrogen) atoms. The fourth-order valence-electron chi connectivity index (χ4n) is 1.43. The van der Waals surface area contributed by atoms with Crippen molar-refractivity contribution in [2.24, 2.45) is 5.92 Å². The Balaban J connectivity index is 3.09. The van der Waals surface area contributed by atoms with Gasteiger partial charge in [0.2, 0.25) is 0 Å². The first-order valence-electron chi connectivity index (χ1n) is 4.56. The Morgan fingerprint density at radius 2 is 1.79 bits per heavy atom. The van der Waals surface area contributed by atoms with Crippen LogP contribution < -0.4 is 0 Å². The molecule has 0 saturated carbocycles. The topological polar surface area (TPSA) is 40.9 Å². The summed E-state index contributed by atoms with van der Waals surface area (Å²) in [7, 11) is 0. The second-order valence-corrected chi connectivity index (χ2v) is 3.59. The largest absolute Gasteiger partial charge is 0.293 e. The molecule has 0 spiro atoms. The van der Waals surface area contributed by atoms with Crippen LogP contribution >= 0.6 is 0 Å². The van der Waals surface area contributed by atoms with Gasteiger partial charge in [0.15, 0.2) is 5.78 Å². The van der Waals surface area contributed by atoms with E-state index in [-0.39, 0.29) is 5.78 Å². The molecule has 0 radical (unpaired) electrons. The Morgan fingerprint density at radius 1 is 1.29 bits per heavy atom. The molecule has 0 saturated heterocycles. The van der Waals surface area contributed by atoms with Gasteiger partial charge < -0.3 is 0 Å². The van der Waals surface area contributed by atoms with Crippen molar-refractivity contribution in [3.05, 3.63) is 34.9 Å². The number of carbonyl (C=O) groups excluding carboxylic acids is 1. The molecule has 72 valence electrons. The molecule has 1 atom stereocenters. The highest BCUT2D eigenvalue weighted by Gasteiger charge is 2.14. The third-order valence-corrected chi connectivity index (χ3v) is 2.09. The van der Waals surface area contributed by atoms with Gasteiger partial charge in [-0.25, -0.2) is 0 Å². The molecule has 1 unspecified atom stereocenters. The number of hydrogen-bond donors (Lipinski definition) is 0. The Kier molecular flexibility index (Phi) is 3.03. The molecule has 0 aliphatic heterocycles. The zero-order valence-corrected chi connectivity index (χ0v) is 8.66. The van der Waals surface area contributed by atoms with E-state index in [9.17, 15) is 4.79 Å². The van der Waals surface area contributed by atoms with Crippen LogP contribution in [-0.2, 0) is 0 Å². The summed E-state index contributed by atoms with van der Waals surface area (Å²) in [5, 5.41) is 8.63. The van der Waals surface area contributed by atoms with E-state index in [1.54, 1.807) is 6.92 Å². The average Bonchev–Trinajstić information content (AvgIpc) is 2.14. The first-order chi connectivity index (χ1) is 6.54. The van der Waals surface area contributed by atoms with Gasteiger partial charge in [-0.1, -0.05) is 17.2 Å². The maximum Gasteiger partial charge on any atom is 0.179 e. The Hall–Kier alpha value is -1.62. The van der Waals surface area contributed by atoms with E-state index in [0.29, 0.717) is 5.56 Å². The number of benzene rings is 1. The van der Waals surface area contributed by atoms with Gasteiger partial charge in [0.1, 0.15) is 5.92 Å². The van der Waals surface area contributed by atoms with E-state index in [1.807, 2.05) is 38.1 Å². The number of nitrogens with zero attached hydrogens (tertiary/aromatic N) is 1. The monoisotopic (exact) mass is 187 g/mol. The van der Waals surface area contributed by atoms with E-state index in [0.717, 1.165) is 11.1 Å². The smallest absolute Gasteiger partial charge is 0.179 e. The molecule has 0 aliphatic rings. The third-order valence-electron chi connectivity index (χ3n) is 2.09. The van der Waals surface area contributed by atoms with Gasteiger partial charge in [0.05, 0.1) is 6.07 Å². The van der Waals surface area contributed by atoms with Crippen LogP contribution in [0.3, 0.4) is 0 Å². The lowest BCUT2D eigenvalue weighted by molar-refractivity contribution is 0.0956. The molecule has 0 aliphatic carbocycles. The van der Waals surface area contributed by atoms with E-state index in [2.05, 4.69) is 0 Å². The molecule has 2 nitrogen and oxygen atoms in total. The average molecular weight is 187 g/mol. The summed E-state index contributed by atoms with van der Waals surface area (Å²) in [6.07, 6.45) is 0. The van der Waals surface area contributed by atoms with Crippen molar-refractivity contribution < 1.29 is 4.79 Å². The molecule has 0 N–H and O–H groups in total. The lowest BCUT2D eigenvalue weighted by Gasteiger charge is -2.04. The first kappa shape index (κ1) is 10.5. The number of Topliss-reactive ketones (excluding diaryl/α,β-unsaturated/α-hetero) is 1. The van der Waals surface area contributed by atoms with Crippen LogP contribution in [0.2, 0.25) is 0 Å². The fourth-order valence-corrected chi connectivity index (χ4v) is 1.43. The third kappa shape index (κ3) is 2.20. The molecular formula is C12H13NO. The van der Waals surface area contributed by atoms with Crippen molar-refractivity contribution in [2.45, 2.75) is 20.8 Å². The van der Waals surface area contributed by atoms with Crippen molar-refractivity contribution in [2.75, 3.05) is 0 Å². The molecule has 0 amide bonds. The number of rotatable bonds is 2. The zero-order valence-electron chi connectivity index (χ0n) is 8.66. The molecular weight excluding hydrogens is 174 g/mol. The zero-order chi connectivity index (χ0) is 10.7.